The van der Waals surface area contributed by atoms with E-state index in [1.807, 2.05) is 0 Å². The van der Waals surface area contributed by atoms with Crippen LogP contribution in [0.25, 0.3) is 11.0 Å². The molecule has 1 heterocycles. The fourth-order valence-corrected chi connectivity index (χ4v) is 2.65. The van der Waals surface area contributed by atoms with E-state index < -0.39 is 35.1 Å². The number of nitrogens with zero attached hydrogens (tertiary/aromatic N) is 3. The Kier molecular flexibility index (Phi) is 5.02. The van der Waals surface area contributed by atoms with E-state index in [9.17, 15) is 27.5 Å². The van der Waals surface area contributed by atoms with Crippen LogP contribution in [0.15, 0.2) is 42.7 Å². The van der Waals surface area contributed by atoms with Crippen molar-refractivity contribution >= 4 is 22.6 Å². The maximum absolute atomic E-state index is 13.6. The van der Waals surface area contributed by atoms with Crippen LogP contribution in [0.2, 0.25) is 0 Å². The van der Waals surface area contributed by atoms with Crippen molar-refractivity contribution in [1.82, 2.24) is 9.55 Å². The van der Waals surface area contributed by atoms with Gasteiger partial charge in [-0.05, 0) is 30.3 Å². The van der Waals surface area contributed by atoms with Crippen molar-refractivity contribution < 1.29 is 27.5 Å². The molecule has 144 valence electrons. The SMILES string of the molecule is N#Cc1ccc(NC(=O)[C@@H](O)Cn2cnc3c(F)cccc32)cc1C(F)(F)F. The molecule has 0 radical (unpaired) electrons. The molecule has 0 saturated heterocycles. The molecular weight excluding hydrogens is 380 g/mol. The Morgan fingerprint density at radius 1 is 1.32 bits per heavy atom. The third-order valence-electron chi connectivity index (χ3n) is 3.99. The lowest BCUT2D eigenvalue weighted by Crippen LogP contribution is -2.31. The first-order valence-corrected chi connectivity index (χ1v) is 7.90. The lowest BCUT2D eigenvalue weighted by atomic mass is 10.1. The molecule has 3 aromatic rings. The summed E-state index contributed by atoms with van der Waals surface area (Å²) in [5.41, 5.74) is -1.59. The van der Waals surface area contributed by atoms with Crippen molar-refractivity contribution in [2.45, 2.75) is 18.8 Å². The quantitative estimate of drug-likeness (QED) is 0.668. The molecule has 3 rings (SSSR count). The van der Waals surface area contributed by atoms with E-state index >= 15 is 0 Å². The summed E-state index contributed by atoms with van der Waals surface area (Å²) in [5, 5.41) is 21.0. The number of hydrogen-bond acceptors (Lipinski definition) is 4. The molecule has 0 aliphatic rings. The summed E-state index contributed by atoms with van der Waals surface area (Å²) in [5.74, 6) is -1.52. The molecule has 0 spiro atoms. The van der Waals surface area contributed by atoms with Gasteiger partial charge in [-0.15, -0.1) is 0 Å². The summed E-state index contributed by atoms with van der Waals surface area (Å²) in [4.78, 5) is 16.0. The van der Waals surface area contributed by atoms with Gasteiger partial charge in [0.05, 0.1) is 35.6 Å². The van der Waals surface area contributed by atoms with Gasteiger partial charge >= 0.3 is 6.18 Å². The lowest BCUT2D eigenvalue weighted by molar-refractivity contribution is -0.137. The van der Waals surface area contributed by atoms with Crippen molar-refractivity contribution in [3.63, 3.8) is 0 Å². The highest BCUT2D eigenvalue weighted by atomic mass is 19.4. The Hall–Kier alpha value is -3.45. The Morgan fingerprint density at radius 3 is 2.75 bits per heavy atom. The zero-order valence-electron chi connectivity index (χ0n) is 14.0. The minimum Gasteiger partial charge on any atom is -0.381 e. The number of aliphatic hydroxyl groups is 1. The summed E-state index contributed by atoms with van der Waals surface area (Å²) in [7, 11) is 0. The van der Waals surface area contributed by atoms with Crippen LogP contribution in [0.1, 0.15) is 11.1 Å². The highest BCUT2D eigenvalue weighted by molar-refractivity contribution is 5.94. The number of halogens is 4. The molecule has 10 heteroatoms. The molecule has 0 saturated carbocycles. The number of imidazole rings is 1. The van der Waals surface area contributed by atoms with E-state index in [-0.39, 0.29) is 17.7 Å². The van der Waals surface area contributed by atoms with Gasteiger partial charge < -0.3 is 15.0 Å². The van der Waals surface area contributed by atoms with Gasteiger partial charge in [-0.2, -0.15) is 18.4 Å². The number of carbonyl (C=O) groups is 1. The van der Waals surface area contributed by atoms with E-state index in [2.05, 4.69) is 10.3 Å². The van der Waals surface area contributed by atoms with Crippen LogP contribution in [0.5, 0.6) is 0 Å². The third-order valence-corrected chi connectivity index (χ3v) is 3.99. The Labute approximate surface area is 155 Å². The molecule has 1 atom stereocenters. The molecule has 1 amide bonds. The molecular formula is C18H12F4N4O2. The second-order valence-electron chi connectivity index (χ2n) is 5.88. The van der Waals surface area contributed by atoms with Gasteiger partial charge in [0.2, 0.25) is 0 Å². The van der Waals surface area contributed by atoms with Crippen LogP contribution in [-0.4, -0.2) is 26.7 Å². The fourth-order valence-electron chi connectivity index (χ4n) is 2.65. The number of nitrogens with one attached hydrogen (secondary N) is 1. The third kappa shape index (κ3) is 3.79. The number of nitriles is 1. The predicted molar refractivity (Wildman–Crippen MR) is 90.5 cm³/mol. The van der Waals surface area contributed by atoms with Gasteiger partial charge in [0, 0.05) is 5.69 Å². The first kappa shape index (κ1) is 19.3. The molecule has 0 aliphatic carbocycles. The average molecular weight is 392 g/mol. The number of rotatable bonds is 4. The maximum Gasteiger partial charge on any atom is 0.417 e. The number of aliphatic hydroxyl groups excluding tert-OH is 1. The topological polar surface area (TPSA) is 90.9 Å². The number of hydrogen-bond donors (Lipinski definition) is 2. The van der Waals surface area contributed by atoms with Crippen LogP contribution in [-0.2, 0) is 17.5 Å². The van der Waals surface area contributed by atoms with E-state index in [1.54, 1.807) is 6.07 Å². The summed E-state index contributed by atoms with van der Waals surface area (Å²) < 4.78 is 54.0. The molecule has 0 bridgehead atoms. The minimum atomic E-state index is -4.77. The van der Waals surface area contributed by atoms with E-state index in [4.69, 9.17) is 5.26 Å². The zero-order valence-corrected chi connectivity index (χ0v) is 14.0. The largest absolute Gasteiger partial charge is 0.417 e. The standard InChI is InChI=1S/C18H12F4N4O2/c19-13-2-1-3-14-16(13)24-9-26(14)8-15(27)17(28)25-11-5-4-10(7-23)12(6-11)18(20,21)22/h1-6,9,15,27H,8H2,(H,25,28)/t15-/m0/s1. The van der Waals surface area contributed by atoms with Gasteiger partial charge in [-0.1, -0.05) is 6.07 Å². The second kappa shape index (κ2) is 7.28. The number of fused-ring (bicyclic) bond motifs is 1. The van der Waals surface area contributed by atoms with Crippen LogP contribution < -0.4 is 5.32 Å². The van der Waals surface area contributed by atoms with Crippen LogP contribution in [0.4, 0.5) is 23.2 Å². The van der Waals surface area contributed by atoms with E-state index in [0.717, 1.165) is 12.1 Å². The highest BCUT2D eigenvalue weighted by Crippen LogP contribution is 2.33. The first-order chi connectivity index (χ1) is 13.2. The number of benzene rings is 2. The summed E-state index contributed by atoms with van der Waals surface area (Å²) >= 11 is 0. The highest BCUT2D eigenvalue weighted by Gasteiger charge is 2.34. The summed E-state index contributed by atoms with van der Waals surface area (Å²) in [6.07, 6.45) is -5.16. The number of carbonyl (C=O) groups excluding carboxylic acids is 1. The molecule has 0 aliphatic heterocycles. The Morgan fingerprint density at radius 2 is 2.07 bits per heavy atom. The zero-order chi connectivity index (χ0) is 20.5. The van der Waals surface area contributed by atoms with Crippen LogP contribution in [0, 0.1) is 17.1 Å². The van der Waals surface area contributed by atoms with Gasteiger partial charge in [0.1, 0.15) is 5.52 Å². The van der Waals surface area contributed by atoms with E-state index in [0.29, 0.717) is 11.6 Å². The number of alkyl halides is 3. The lowest BCUT2D eigenvalue weighted by Gasteiger charge is -2.14. The van der Waals surface area contributed by atoms with Crippen molar-refractivity contribution in [1.29, 1.82) is 5.26 Å². The van der Waals surface area contributed by atoms with Gasteiger partial charge in [-0.25, -0.2) is 9.37 Å². The van der Waals surface area contributed by atoms with Crippen LogP contribution >= 0.6 is 0 Å². The second-order valence-corrected chi connectivity index (χ2v) is 5.88. The van der Waals surface area contributed by atoms with Gasteiger partial charge in [0.15, 0.2) is 11.9 Å². The number of amides is 1. The monoisotopic (exact) mass is 392 g/mol. The first-order valence-electron chi connectivity index (χ1n) is 7.90. The number of aromatic nitrogens is 2. The molecule has 2 N–H and O–H groups in total. The number of anilines is 1. The normalized spacial score (nSPS) is 12.6. The Bertz CT molecular complexity index is 1090. The van der Waals surface area contributed by atoms with E-state index in [1.165, 1.54) is 29.1 Å². The molecule has 1 aromatic heterocycles. The smallest absolute Gasteiger partial charge is 0.381 e. The number of para-hydroxylation sites is 1. The molecule has 0 unspecified atom stereocenters. The summed E-state index contributed by atoms with van der Waals surface area (Å²) in [6, 6.07) is 8.31. The van der Waals surface area contributed by atoms with Gasteiger partial charge in [0.25, 0.3) is 5.91 Å². The van der Waals surface area contributed by atoms with Crippen LogP contribution in [0.3, 0.4) is 0 Å². The predicted octanol–water partition coefficient (Wildman–Crippen LogP) is 3.07. The molecule has 28 heavy (non-hydrogen) atoms. The van der Waals surface area contributed by atoms with Gasteiger partial charge in [-0.3, -0.25) is 4.79 Å². The van der Waals surface area contributed by atoms with Crippen molar-refractivity contribution in [2.75, 3.05) is 5.32 Å². The molecule has 2 aromatic carbocycles. The van der Waals surface area contributed by atoms with Crippen molar-refractivity contribution in [2.24, 2.45) is 0 Å². The van der Waals surface area contributed by atoms with Crippen molar-refractivity contribution in [3.8, 4) is 6.07 Å². The minimum absolute atomic E-state index is 0.0667. The van der Waals surface area contributed by atoms with Crippen molar-refractivity contribution in [3.05, 3.63) is 59.7 Å². The average Bonchev–Trinajstić information content (AvgIpc) is 3.05. The fraction of sp³-hybridized carbons (Fsp3) is 0.167. The maximum atomic E-state index is 13.6. The summed E-state index contributed by atoms with van der Waals surface area (Å²) in [6.45, 7) is -0.284. The Balaban J connectivity index is 1.77. The molecule has 6 nitrogen and oxygen atoms in total. The molecule has 0 fully saturated rings.